The highest BCUT2D eigenvalue weighted by atomic mass is 19.1. The van der Waals surface area contributed by atoms with Gasteiger partial charge in [-0.3, -0.25) is 19.9 Å². The van der Waals surface area contributed by atoms with Gasteiger partial charge in [-0.2, -0.15) is 0 Å². The van der Waals surface area contributed by atoms with Gasteiger partial charge in [0.1, 0.15) is 5.82 Å². The number of halogens is 1. The molecule has 1 aromatic rings. The molecule has 0 aromatic heterocycles. The summed E-state index contributed by atoms with van der Waals surface area (Å²) in [5, 5.41) is 2.86. The van der Waals surface area contributed by atoms with Crippen LogP contribution < -0.4 is 16.2 Å². The quantitative estimate of drug-likeness (QED) is 0.695. The number of nitrogens with one attached hydrogen (secondary N) is 3. The largest absolute Gasteiger partial charge is 0.353 e. The van der Waals surface area contributed by atoms with Crippen LogP contribution in [0.1, 0.15) is 31.4 Å². The fourth-order valence-corrected chi connectivity index (χ4v) is 4.72. The van der Waals surface area contributed by atoms with Crippen molar-refractivity contribution in [1.82, 2.24) is 26.0 Å². The Labute approximate surface area is 164 Å². The second kappa shape index (κ2) is 8.14. The van der Waals surface area contributed by atoms with E-state index in [-0.39, 0.29) is 42.1 Å². The number of hydrogen-bond donors (Lipinski definition) is 3. The second-order valence-corrected chi connectivity index (χ2v) is 7.83. The summed E-state index contributed by atoms with van der Waals surface area (Å²) in [5.41, 5.74) is 7.12. The van der Waals surface area contributed by atoms with E-state index in [0.29, 0.717) is 25.2 Å². The summed E-state index contributed by atoms with van der Waals surface area (Å²) in [4.78, 5) is 29.1. The third-order valence-corrected chi connectivity index (χ3v) is 6.32. The summed E-state index contributed by atoms with van der Waals surface area (Å²) in [6.07, 6.45) is 1.00. The maximum atomic E-state index is 14.3. The maximum absolute atomic E-state index is 14.3. The fraction of sp³-hybridized carbons (Fsp3) is 0.600. The Balaban J connectivity index is 1.44. The van der Waals surface area contributed by atoms with Gasteiger partial charge >= 0.3 is 0 Å². The summed E-state index contributed by atoms with van der Waals surface area (Å²) < 4.78 is 14.3. The minimum Gasteiger partial charge on any atom is -0.353 e. The number of fused-ring (bicyclic) bond motifs is 1. The van der Waals surface area contributed by atoms with Gasteiger partial charge in [0.2, 0.25) is 11.8 Å². The summed E-state index contributed by atoms with van der Waals surface area (Å²) >= 11 is 0. The van der Waals surface area contributed by atoms with E-state index in [1.807, 2.05) is 17.9 Å². The van der Waals surface area contributed by atoms with E-state index >= 15 is 0 Å². The predicted molar refractivity (Wildman–Crippen MR) is 103 cm³/mol. The topological polar surface area (TPSA) is 76.7 Å². The molecule has 0 aliphatic carbocycles. The lowest BCUT2D eigenvalue weighted by atomic mass is 9.84. The van der Waals surface area contributed by atoms with Gasteiger partial charge in [0.05, 0.1) is 18.5 Å². The highest BCUT2D eigenvalue weighted by Crippen LogP contribution is 2.35. The van der Waals surface area contributed by atoms with E-state index in [1.165, 1.54) is 6.07 Å². The SMILES string of the molecule is CCN1CCNC(=O)C1CC(=O)N1CCC2NNC(c3ccccc3F)C2C1. The number of amides is 2. The van der Waals surface area contributed by atoms with Crippen LogP contribution in [0.2, 0.25) is 0 Å². The van der Waals surface area contributed by atoms with Crippen LogP contribution in [-0.4, -0.2) is 66.4 Å². The number of nitrogens with zero attached hydrogens (tertiary/aromatic N) is 2. The molecule has 0 radical (unpaired) electrons. The highest BCUT2D eigenvalue weighted by Gasteiger charge is 2.43. The Morgan fingerprint density at radius 1 is 1.25 bits per heavy atom. The molecule has 3 heterocycles. The second-order valence-electron chi connectivity index (χ2n) is 7.83. The third kappa shape index (κ3) is 3.64. The first-order chi connectivity index (χ1) is 13.6. The third-order valence-electron chi connectivity index (χ3n) is 6.32. The standard InChI is InChI=1S/C20H28FN5O2/c1-2-25-10-8-22-20(28)17(25)11-18(27)26-9-7-16-14(12-26)19(24-23-16)13-5-3-4-6-15(13)21/h3-6,14,16-17,19,23-24H,2,7-12H2,1H3,(H,22,28). The molecule has 152 valence electrons. The Hall–Kier alpha value is -2.03. The van der Waals surface area contributed by atoms with Gasteiger partial charge in [-0.25, -0.2) is 9.82 Å². The maximum Gasteiger partial charge on any atom is 0.237 e. The van der Waals surface area contributed by atoms with E-state index in [1.54, 1.807) is 12.1 Å². The summed E-state index contributed by atoms with van der Waals surface area (Å²) in [6.45, 7) is 5.37. The van der Waals surface area contributed by atoms with Crippen LogP contribution >= 0.6 is 0 Å². The minimum atomic E-state index is -0.397. The average Bonchev–Trinajstić information content (AvgIpc) is 3.12. The number of benzene rings is 1. The zero-order valence-corrected chi connectivity index (χ0v) is 16.2. The molecule has 1 aromatic carbocycles. The number of rotatable bonds is 4. The predicted octanol–water partition coefficient (Wildman–Crippen LogP) is 0.402. The number of hydrazine groups is 1. The zero-order chi connectivity index (χ0) is 19.7. The van der Waals surface area contributed by atoms with E-state index in [4.69, 9.17) is 0 Å². The first kappa shape index (κ1) is 19.3. The molecule has 0 saturated carbocycles. The lowest BCUT2D eigenvalue weighted by molar-refractivity contribution is -0.140. The van der Waals surface area contributed by atoms with Crippen molar-refractivity contribution in [2.45, 2.75) is 37.9 Å². The molecule has 4 atom stereocenters. The monoisotopic (exact) mass is 389 g/mol. The molecular formula is C20H28FN5O2. The van der Waals surface area contributed by atoms with Crippen molar-refractivity contribution >= 4 is 11.8 Å². The Morgan fingerprint density at radius 3 is 2.86 bits per heavy atom. The number of hydrogen-bond acceptors (Lipinski definition) is 5. The fourth-order valence-electron chi connectivity index (χ4n) is 4.72. The van der Waals surface area contributed by atoms with Gasteiger partial charge in [-0.1, -0.05) is 25.1 Å². The smallest absolute Gasteiger partial charge is 0.237 e. The molecule has 8 heteroatoms. The van der Waals surface area contributed by atoms with Crippen LogP contribution in [0.15, 0.2) is 24.3 Å². The van der Waals surface area contributed by atoms with Gasteiger partial charge in [0.25, 0.3) is 0 Å². The number of likely N-dealkylation sites (N-methyl/N-ethyl adjacent to an activating group) is 1. The van der Waals surface area contributed by atoms with Crippen LogP contribution in [0.4, 0.5) is 4.39 Å². The van der Waals surface area contributed by atoms with Crippen molar-refractivity contribution in [3.05, 3.63) is 35.6 Å². The number of carbonyl (C=O) groups is 2. The first-order valence-electron chi connectivity index (χ1n) is 10.1. The summed E-state index contributed by atoms with van der Waals surface area (Å²) in [5.74, 6) is -0.205. The van der Waals surface area contributed by atoms with Crippen molar-refractivity contribution < 1.29 is 14.0 Å². The van der Waals surface area contributed by atoms with E-state index in [9.17, 15) is 14.0 Å². The molecule has 4 rings (SSSR count). The molecule has 3 saturated heterocycles. The highest BCUT2D eigenvalue weighted by molar-refractivity contribution is 5.88. The Morgan fingerprint density at radius 2 is 2.07 bits per heavy atom. The number of piperidine rings is 1. The lowest BCUT2D eigenvalue weighted by Gasteiger charge is -2.38. The Bertz CT molecular complexity index is 745. The molecule has 2 amide bonds. The molecule has 3 aliphatic rings. The van der Waals surface area contributed by atoms with Crippen LogP contribution in [-0.2, 0) is 9.59 Å². The van der Waals surface area contributed by atoms with E-state index < -0.39 is 6.04 Å². The van der Waals surface area contributed by atoms with Crippen molar-refractivity contribution in [2.24, 2.45) is 5.92 Å². The van der Waals surface area contributed by atoms with Gasteiger partial charge in [-0.05, 0) is 19.0 Å². The molecule has 3 N–H and O–H groups in total. The van der Waals surface area contributed by atoms with Crippen molar-refractivity contribution in [3.63, 3.8) is 0 Å². The lowest BCUT2D eigenvalue weighted by Crippen LogP contribution is -2.57. The molecular weight excluding hydrogens is 361 g/mol. The van der Waals surface area contributed by atoms with Crippen molar-refractivity contribution in [2.75, 3.05) is 32.7 Å². The van der Waals surface area contributed by atoms with Crippen LogP contribution in [0, 0.1) is 11.7 Å². The van der Waals surface area contributed by atoms with E-state index in [2.05, 4.69) is 21.1 Å². The van der Waals surface area contributed by atoms with Crippen molar-refractivity contribution in [1.29, 1.82) is 0 Å². The summed E-state index contributed by atoms with van der Waals surface area (Å²) in [7, 11) is 0. The zero-order valence-electron chi connectivity index (χ0n) is 16.2. The molecule has 28 heavy (non-hydrogen) atoms. The molecule has 3 aliphatic heterocycles. The number of piperazine rings is 1. The van der Waals surface area contributed by atoms with Gasteiger partial charge < -0.3 is 10.2 Å². The number of carbonyl (C=O) groups excluding carboxylic acids is 2. The van der Waals surface area contributed by atoms with E-state index in [0.717, 1.165) is 19.5 Å². The van der Waals surface area contributed by atoms with Crippen LogP contribution in [0.25, 0.3) is 0 Å². The minimum absolute atomic E-state index is 0.00173. The Kier molecular flexibility index (Phi) is 5.61. The summed E-state index contributed by atoms with van der Waals surface area (Å²) in [6, 6.07) is 6.42. The first-order valence-corrected chi connectivity index (χ1v) is 10.1. The molecule has 0 spiro atoms. The molecule has 3 fully saturated rings. The van der Waals surface area contributed by atoms with Crippen LogP contribution in [0.3, 0.4) is 0 Å². The normalized spacial score (nSPS) is 30.8. The molecule has 0 bridgehead atoms. The molecule has 7 nitrogen and oxygen atoms in total. The van der Waals surface area contributed by atoms with Crippen molar-refractivity contribution in [3.8, 4) is 0 Å². The van der Waals surface area contributed by atoms with Crippen LogP contribution in [0.5, 0.6) is 0 Å². The average molecular weight is 389 g/mol. The number of likely N-dealkylation sites (tertiary alicyclic amines) is 1. The molecule has 4 unspecified atom stereocenters. The van der Waals surface area contributed by atoms with Gasteiger partial charge in [0, 0.05) is 43.7 Å². The van der Waals surface area contributed by atoms with Gasteiger partial charge in [-0.15, -0.1) is 0 Å². The van der Waals surface area contributed by atoms with Gasteiger partial charge in [0.15, 0.2) is 0 Å².